The second-order valence-electron chi connectivity index (χ2n) is 6.42. The van der Waals surface area contributed by atoms with Gasteiger partial charge in [-0.25, -0.2) is 0 Å². The number of benzene rings is 1. The van der Waals surface area contributed by atoms with Crippen molar-refractivity contribution in [3.8, 4) is 17.2 Å². The average molecular weight is 309 g/mol. The summed E-state index contributed by atoms with van der Waals surface area (Å²) in [5, 5.41) is 9.97. The summed E-state index contributed by atoms with van der Waals surface area (Å²) in [6, 6.07) is 3.32. The summed E-state index contributed by atoms with van der Waals surface area (Å²) in [5.74, 6) is -0.0121. The molecule has 22 heavy (non-hydrogen) atoms. The molecule has 7 heteroatoms. The monoisotopic (exact) mass is 309 g/mol. The molecule has 0 amide bonds. The lowest BCUT2D eigenvalue weighted by molar-refractivity contribution is 0.00578. The van der Waals surface area contributed by atoms with E-state index >= 15 is 0 Å². The molecule has 0 saturated carbocycles. The lowest BCUT2D eigenvalue weighted by atomic mass is 9.75. The Hall–Kier alpha value is -1.44. The molecule has 0 radical (unpaired) electrons. The van der Waals surface area contributed by atoms with Gasteiger partial charge in [-0.3, -0.25) is 0 Å². The van der Waals surface area contributed by atoms with Gasteiger partial charge in [-0.05, 0) is 45.4 Å². The number of phenols is 1. The summed E-state index contributed by atoms with van der Waals surface area (Å²) in [5.41, 5.74) is 6.08. The third-order valence-electron chi connectivity index (χ3n) is 4.45. The molecule has 1 aromatic carbocycles. The molecule has 0 bridgehead atoms. The summed E-state index contributed by atoms with van der Waals surface area (Å²) in [7, 11) is 2.35. The smallest absolute Gasteiger partial charge is 0.480 e. The fraction of sp³-hybridized carbons (Fsp3) is 0.600. The Balaban J connectivity index is 2.33. The highest BCUT2D eigenvalue weighted by atomic mass is 16.7. The molecule has 6 nitrogen and oxygen atoms in total. The molecule has 0 aliphatic carbocycles. The second-order valence-corrected chi connectivity index (χ2v) is 6.42. The van der Waals surface area contributed by atoms with E-state index < -0.39 is 24.3 Å². The minimum atomic E-state index is -0.594. The largest absolute Gasteiger partial charge is 0.502 e. The standard InChI is InChI=1S/C15H24BNO5/c1-14(2)15(3,4)22-16(21-14)13(17)9-7-10(19-5)12(18)11(8-9)20-6/h7-8,13,18H,17H2,1-6H3/t13-/m0/s1. The van der Waals surface area contributed by atoms with E-state index in [9.17, 15) is 5.11 Å². The molecule has 1 aromatic rings. The fourth-order valence-electron chi connectivity index (χ4n) is 2.30. The predicted molar refractivity (Wildman–Crippen MR) is 84.2 cm³/mol. The van der Waals surface area contributed by atoms with Crippen molar-refractivity contribution in [1.29, 1.82) is 0 Å². The molecule has 1 saturated heterocycles. The quantitative estimate of drug-likeness (QED) is 0.828. The highest BCUT2D eigenvalue weighted by Crippen LogP contribution is 2.42. The van der Waals surface area contributed by atoms with Gasteiger partial charge in [-0.15, -0.1) is 0 Å². The van der Waals surface area contributed by atoms with Gasteiger partial charge in [-0.1, -0.05) is 0 Å². The molecule has 0 aromatic heterocycles. The molecular formula is C15H24BNO5. The van der Waals surface area contributed by atoms with Crippen LogP contribution >= 0.6 is 0 Å². The maximum atomic E-state index is 9.97. The van der Waals surface area contributed by atoms with E-state index in [1.807, 2.05) is 27.7 Å². The highest BCUT2D eigenvalue weighted by Gasteiger charge is 2.53. The number of rotatable bonds is 4. The van der Waals surface area contributed by atoms with E-state index in [2.05, 4.69) is 0 Å². The van der Waals surface area contributed by atoms with Crippen molar-refractivity contribution >= 4 is 7.12 Å². The van der Waals surface area contributed by atoms with Crippen LogP contribution < -0.4 is 15.2 Å². The summed E-state index contributed by atoms with van der Waals surface area (Å²) >= 11 is 0. The second kappa shape index (κ2) is 5.64. The summed E-state index contributed by atoms with van der Waals surface area (Å²) in [6.07, 6.45) is 0. The van der Waals surface area contributed by atoms with E-state index in [1.165, 1.54) is 14.2 Å². The molecule has 1 aliphatic rings. The van der Waals surface area contributed by atoms with Gasteiger partial charge >= 0.3 is 7.12 Å². The van der Waals surface area contributed by atoms with Crippen molar-refractivity contribution in [1.82, 2.24) is 0 Å². The van der Waals surface area contributed by atoms with E-state index in [1.54, 1.807) is 12.1 Å². The van der Waals surface area contributed by atoms with E-state index in [4.69, 9.17) is 24.5 Å². The first-order valence-electron chi connectivity index (χ1n) is 7.19. The lowest BCUT2D eigenvalue weighted by Gasteiger charge is -2.32. The molecule has 1 aliphatic heterocycles. The normalized spacial score (nSPS) is 20.8. The fourth-order valence-corrected chi connectivity index (χ4v) is 2.30. The van der Waals surface area contributed by atoms with Crippen LogP contribution in [0, 0.1) is 0 Å². The van der Waals surface area contributed by atoms with E-state index in [0.717, 1.165) is 0 Å². The van der Waals surface area contributed by atoms with Crippen LogP contribution in [-0.2, 0) is 9.31 Å². The highest BCUT2D eigenvalue weighted by molar-refractivity contribution is 6.47. The molecule has 2 rings (SSSR count). The number of ether oxygens (including phenoxy) is 2. The first-order valence-corrected chi connectivity index (χ1v) is 7.19. The number of hydrogen-bond donors (Lipinski definition) is 2. The van der Waals surface area contributed by atoms with Crippen LogP contribution in [0.1, 0.15) is 39.2 Å². The van der Waals surface area contributed by atoms with Crippen molar-refractivity contribution in [2.24, 2.45) is 5.73 Å². The van der Waals surface area contributed by atoms with Gasteiger partial charge in [0.15, 0.2) is 11.5 Å². The van der Waals surface area contributed by atoms with Crippen LogP contribution in [0.25, 0.3) is 0 Å². The number of phenolic OH excluding ortho intramolecular Hbond substituents is 1. The number of hydrogen-bond acceptors (Lipinski definition) is 6. The first kappa shape index (κ1) is 16.9. The zero-order valence-electron chi connectivity index (χ0n) is 14.0. The van der Waals surface area contributed by atoms with Gasteiger partial charge in [0.2, 0.25) is 5.75 Å². The topological polar surface area (TPSA) is 83.2 Å². The van der Waals surface area contributed by atoms with Crippen LogP contribution in [0.2, 0.25) is 0 Å². The number of methoxy groups -OCH3 is 2. The minimum Gasteiger partial charge on any atom is -0.502 e. The van der Waals surface area contributed by atoms with Crippen LogP contribution in [0.15, 0.2) is 12.1 Å². The third kappa shape index (κ3) is 2.76. The molecule has 122 valence electrons. The third-order valence-corrected chi connectivity index (χ3v) is 4.45. The zero-order chi connectivity index (χ0) is 16.7. The summed E-state index contributed by atoms with van der Waals surface area (Å²) in [6.45, 7) is 7.88. The van der Waals surface area contributed by atoms with Crippen molar-refractivity contribution in [2.75, 3.05) is 14.2 Å². The average Bonchev–Trinajstić information content (AvgIpc) is 2.67. The van der Waals surface area contributed by atoms with Crippen molar-refractivity contribution in [2.45, 2.75) is 44.8 Å². The molecule has 1 heterocycles. The number of aromatic hydroxyl groups is 1. The molecule has 0 spiro atoms. The molecule has 1 atom stereocenters. The maximum absolute atomic E-state index is 9.97. The van der Waals surface area contributed by atoms with E-state index in [0.29, 0.717) is 17.1 Å². The first-order chi connectivity index (χ1) is 10.1. The Morgan fingerprint density at radius 2 is 1.45 bits per heavy atom. The van der Waals surface area contributed by atoms with Crippen LogP contribution in [-0.4, -0.2) is 37.6 Å². The lowest BCUT2D eigenvalue weighted by Crippen LogP contribution is -2.41. The van der Waals surface area contributed by atoms with Crippen LogP contribution in [0.4, 0.5) is 0 Å². The van der Waals surface area contributed by atoms with Gasteiger partial charge in [0.1, 0.15) is 0 Å². The molecular weight excluding hydrogens is 285 g/mol. The van der Waals surface area contributed by atoms with Crippen molar-refractivity contribution in [3.63, 3.8) is 0 Å². The van der Waals surface area contributed by atoms with Gasteiger partial charge in [0, 0.05) is 0 Å². The molecule has 1 fully saturated rings. The zero-order valence-corrected chi connectivity index (χ0v) is 14.0. The number of nitrogens with two attached hydrogens (primary N) is 1. The Morgan fingerprint density at radius 3 is 1.82 bits per heavy atom. The van der Waals surface area contributed by atoms with Gasteiger partial charge in [-0.2, -0.15) is 0 Å². The maximum Gasteiger partial charge on any atom is 0.480 e. The molecule has 3 N–H and O–H groups in total. The van der Waals surface area contributed by atoms with Crippen LogP contribution in [0.3, 0.4) is 0 Å². The predicted octanol–water partition coefficient (Wildman–Crippen LogP) is 2.04. The Labute approximate surface area is 131 Å². The van der Waals surface area contributed by atoms with Gasteiger partial charge in [0.25, 0.3) is 0 Å². The molecule has 0 unspecified atom stereocenters. The Morgan fingerprint density at radius 1 is 1.05 bits per heavy atom. The van der Waals surface area contributed by atoms with Crippen molar-refractivity contribution < 1.29 is 23.9 Å². The SMILES string of the molecule is COc1cc([C@H](N)B2OC(C)(C)C(C)(C)O2)cc(OC)c1O. The van der Waals surface area contributed by atoms with Gasteiger partial charge < -0.3 is 29.6 Å². The summed E-state index contributed by atoms with van der Waals surface area (Å²) in [4.78, 5) is 0. The van der Waals surface area contributed by atoms with Gasteiger partial charge in [0.05, 0.1) is 31.4 Å². The van der Waals surface area contributed by atoms with E-state index in [-0.39, 0.29) is 5.75 Å². The Kier molecular flexibility index (Phi) is 4.34. The van der Waals surface area contributed by atoms with Crippen LogP contribution in [0.5, 0.6) is 17.2 Å². The van der Waals surface area contributed by atoms with Crippen molar-refractivity contribution in [3.05, 3.63) is 17.7 Å². The summed E-state index contributed by atoms with van der Waals surface area (Å²) < 4.78 is 22.2. The minimum absolute atomic E-state index is 0.0603. The Bertz CT molecular complexity index is 520.